The summed E-state index contributed by atoms with van der Waals surface area (Å²) in [6.45, 7) is 2.79. The first-order chi connectivity index (χ1) is 12.4. The van der Waals surface area contributed by atoms with Crippen LogP contribution >= 0.6 is 0 Å². The number of amides is 1. The minimum Gasteiger partial charge on any atom is -0.503 e. The van der Waals surface area contributed by atoms with Crippen LogP contribution < -0.4 is 4.90 Å². The number of rotatable bonds is 6. The van der Waals surface area contributed by atoms with Gasteiger partial charge in [0.05, 0.1) is 38.5 Å². The number of hydrogen-bond acceptors (Lipinski definition) is 5. The fraction of sp³-hybridized carbons (Fsp3) is 0.316. The average molecular weight is 356 g/mol. The lowest BCUT2D eigenvalue weighted by Gasteiger charge is -2.26. The Morgan fingerprint density at radius 1 is 1.31 bits per heavy atom. The van der Waals surface area contributed by atoms with Gasteiger partial charge in [-0.1, -0.05) is 6.07 Å². The van der Waals surface area contributed by atoms with Gasteiger partial charge in [-0.05, 0) is 31.2 Å². The summed E-state index contributed by atoms with van der Waals surface area (Å²) in [5, 5.41) is 10.5. The predicted octanol–water partition coefficient (Wildman–Crippen LogP) is 0.706. The molecule has 7 nitrogen and oxygen atoms in total. The fourth-order valence-electron chi connectivity index (χ4n) is 2.99. The summed E-state index contributed by atoms with van der Waals surface area (Å²) >= 11 is 0. The molecule has 0 radical (unpaired) electrons. The molecular weight excluding hydrogens is 334 g/mol. The zero-order valence-corrected chi connectivity index (χ0v) is 15.0. The summed E-state index contributed by atoms with van der Waals surface area (Å²) in [4.78, 5) is 32.6. The van der Waals surface area contributed by atoms with Gasteiger partial charge < -0.3 is 19.3 Å². The Kier molecular flexibility index (Phi) is 4.90. The summed E-state index contributed by atoms with van der Waals surface area (Å²) in [5.41, 5.74) is 0.544. The topological polar surface area (TPSA) is 88.1 Å². The SMILES string of the molecule is Cc1ccc(C(=O)C2=C(O)C(=O)N(CC[NH+](C)C)[C@@H]2c2ccccn2)o1. The highest BCUT2D eigenvalue weighted by atomic mass is 16.3. The van der Waals surface area contributed by atoms with Crippen LogP contribution in [-0.4, -0.2) is 53.9 Å². The van der Waals surface area contributed by atoms with E-state index >= 15 is 0 Å². The highest BCUT2D eigenvalue weighted by Gasteiger charge is 2.45. The van der Waals surface area contributed by atoms with Crippen LogP contribution in [0, 0.1) is 6.92 Å². The van der Waals surface area contributed by atoms with Gasteiger partial charge in [0.2, 0.25) is 5.78 Å². The first kappa shape index (κ1) is 17.9. The zero-order valence-electron chi connectivity index (χ0n) is 15.0. The number of carbonyl (C=O) groups excluding carboxylic acids is 2. The standard InChI is InChI=1S/C19H21N3O4/c1-12-7-8-14(26-12)17(23)15-16(13-6-4-5-9-20-13)22(11-10-21(2)3)19(25)18(15)24/h4-9,16,24H,10-11H2,1-3H3/p+1/t16-/m1/s1. The van der Waals surface area contributed by atoms with Gasteiger partial charge in [0.15, 0.2) is 11.5 Å². The molecule has 0 fully saturated rings. The maximum absolute atomic E-state index is 13.0. The predicted molar refractivity (Wildman–Crippen MR) is 93.8 cm³/mol. The molecule has 1 aliphatic heterocycles. The Morgan fingerprint density at radius 3 is 2.65 bits per heavy atom. The molecule has 0 bridgehead atoms. The third-order valence-corrected chi connectivity index (χ3v) is 4.33. The lowest BCUT2D eigenvalue weighted by molar-refractivity contribution is -0.857. The van der Waals surface area contributed by atoms with Crippen molar-refractivity contribution < 1.29 is 24.0 Å². The van der Waals surface area contributed by atoms with E-state index in [0.717, 1.165) is 4.90 Å². The number of likely N-dealkylation sites (N-methyl/N-ethyl adjacent to an activating group) is 1. The molecule has 0 aromatic carbocycles. The van der Waals surface area contributed by atoms with E-state index in [0.29, 0.717) is 24.5 Å². The Labute approximate surface area is 151 Å². The van der Waals surface area contributed by atoms with Crippen molar-refractivity contribution in [3.8, 4) is 0 Å². The second-order valence-corrected chi connectivity index (χ2v) is 6.61. The molecule has 7 heteroatoms. The van der Waals surface area contributed by atoms with E-state index in [-0.39, 0.29) is 11.3 Å². The summed E-state index contributed by atoms with van der Waals surface area (Å²) in [6.07, 6.45) is 1.60. The highest BCUT2D eigenvalue weighted by Crippen LogP contribution is 2.37. The van der Waals surface area contributed by atoms with Crippen LogP contribution in [0.25, 0.3) is 0 Å². The number of nitrogens with one attached hydrogen (secondary N) is 1. The Bertz CT molecular complexity index is 855. The molecule has 2 aromatic rings. The molecule has 1 amide bonds. The van der Waals surface area contributed by atoms with Gasteiger partial charge in [0, 0.05) is 6.20 Å². The van der Waals surface area contributed by atoms with Crippen molar-refractivity contribution >= 4 is 11.7 Å². The van der Waals surface area contributed by atoms with Gasteiger partial charge in [-0.2, -0.15) is 0 Å². The Balaban J connectivity index is 2.04. The number of aromatic nitrogens is 1. The number of aliphatic hydroxyl groups is 1. The molecule has 0 aliphatic carbocycles. The molecule has 0 unspecified atom stereocenters. The van der Waals surface area contributed by atoms with E-state index < -0.39 is 23.5 Å². The molecule has 3 heterocycles. The van der Waals surface area contributed by atoms with Gasteiger partial charge >= 0.3 is 0 Å². The molecule has 1 atom stereocenters. The van der Waals surface area contributed by atoms with Crippen molar-refractivity contribution in [2.24, 2.45) is 0 Å². The van der Waals surface area contributed by atoms with E-state index in [1.54, 1.807) is 43.5 Å². The summed E-state index contributed by atoms with van der Waals surface area (Å²) in [7, 11) is 3.95. The summed E-state index contributed by atoms with van der Waals surface area (Å²) in [5.74, 6) is -0.917. The van der Waals surface area contributed by atoms with Crippen molar-refractivity contribution in [1.29, 1.82) is 0 Å². The number of Topliss-reactive ketones (excluding diaryl/α,β-unsaturated/α-hetero) is 1. The van der Waals surface area contributed by atoms with Crippen LogP contribution in [0.1, 0.15) is 28.1 Å². The first-order valence-electron chi connectivity index (χ1n) is 8.45. The molecule has 3 rings (SSSR count). The first-order valence-corrected chi connectivity index (χ1v) is 8.45. The number of nitrogens with zero attached hydrogens (tertiary/aromatic N) is 2. The van der Waals surface area contributed by atoms with E-state index in [4.69, 9.17) is 4.42 Å². The number of carbonyl (C=O) groups is 2. The summed E-state index contributed by atoms with van der Waals surface area (Å²) in [6, 6.07) is 7.77. The molecule has 0 saturated carbocycles. The molecule has 1 aliphatic rings. The number of furan rings is 1. The van der Waals surface area contributed by atoms with Gasteiger partial charge in [0.25, 0.3) is 5.91 Å². The Hall–Kier alpha value is -2.93. The van der Waals surface area contributed by atoms with Gasteiger partial charge in [-0.25, -0.2) is 0 Å². The molecule has 0 saturated heterocycles. The van der Waals surface area contributed by atoms with Crippen LogP contribution in [-0.2, 0) is 4.79 Å². The number of aryl methyl sites for hydroxylation is 1. The maximum Gasteiger partial charge on any atom is 0.290 e. The van der Waals surface area contributed by atoms with Crippen molar-refractivity contribution in [1.82, 2.24) is 9.88 Å². The number of pyridine rings is 1. The maximum atomic E-state index is 13.0. The van der Waals surface area contributed by atoms with E-state index in [9.17, 15) is 14.7 Å². The van der Waals surface area contributed by atoms with Crippen LogP contribution in [0.15, 0.2) is 52.3 Å². The monoisotopic (exact) mass is 356 g/mol. The number of aliphatic hydroxyl groups excluding tert-OH is 1. The normalized spacial score (nSPS) is 17.5. The van der Waals surface area contributed by atoms with Crippen molar-refractivity contribution in [2.45, 2.75) is 13.0 Å². The second kappa shape index (κ2) is 7.13. The van der Waals surface area contributed by atoms with Crippen LogP contribution in [0.3, 0.4) is 0 Å². The van der Waals surface area contributed by atoms with Crippen molar-refractivity contribution in [3.05, 3.63) is 65.1 Å². The third-order valence-electron chi connectivity index (χ3n) is 4.33. The largest absolute Gasteiger partial charge is 0.503 e. The van der Waals surface area contributed by atoms with Crippen LogP contribution in [0.2, 0.25) is 0 Å². The highest BCUT2D eigenvalue weighted by molar-refractivity contribution is 6.14. The van der Waals surface area contributed by atoms with Crippen LogP contribution in [0.4, 0.5) is 0 Å². The molecular formula is C19H22N3O4+. The van der Waals surface area contributed by atoms with E-state index in [2.05, 4.69) is 4.98 Å². The van der Waals surface area contributed by atoms with Crippen molar-refractivity contribution in [2.75, 3.05) is 27.2 Å². The average Bonchev–Trinajstić information content (AvgIpc) is 3.16. The molecule has 0 spiro atoms. The van der Waals surface area contributed by atoms with E-state index in [1.807, 2.05) is 14.1 Å². The quantitative estimate of drug-likeness (QED) is 0.744. The molecule has 26 heavy (non-hydrogen) atoms. The third kappa shape index (κ3) is 3.25. The summed E-state index contributed by atoms with van der Waals surface area (Å²) < 4.78 is 5.41. The molecule has 136 valence electrons. The van der Waals surface area contributed by atoms with Gasteiger partial charge in [0.1, 0.15) is 11.8 Å². The second-order valence-electron chi connectivity index (χ2n) is 6.61. The Morgan fingerprint density at radius 2 is 2.08 bits per heavy atom. The number of hydrogen-bond donors (Lipinski definition) is 2. The number of ketones is 1. The minimum absolute atomic E-state index is 0.0109. The smallest absolute Gasteiger partial charge is 0.290 e. The van der Waals surface area contributed by atoms with E-state index in [1.165, 1.54) is 4.90 Å². The lowest BCUT2D eigenvalue weighted by atomic mass is 9.98. The fourth-order valence-corrected chi connectivity index (χ4v) is 2.99. The molecule has 2 aromatic heterocycles. The van der Waals surface area contributed by atoms with Gasteiger partial charge in [-0.3, -0.25) is 14.6 Å². The lowest BCUT2D eigenvalue weighted by Crippen LogP contribution is -3.06. The van der Waals surface area contributed by atoms with Crippen molar-refractivity contribution in [3.63, 3.8) is 0 Å². The zero-order chi connectivity index (χ0) is 18.8. The number of quaternary nitrogens is 1. The minimum atomic E-state index is -0.735. The molecule has 2 N–H and O–H groups in total. The van der Waals surface area contributed by atoms with Gasteiger partial charge in [-0.15, -0.1) is 0 Å². The van der Waals surface area contributed by atoms with Crippen LogP contribution in [0.5, 0.6) is 0 Å².